The molecule has 4 rings (SSSR count). The number of hydrogen-bond donors (Lipinski definition) is 3. The molecular weight excluding hydrogens is 524 g/mol. The first-order chi connectivity index (χ1) is 19.9. The summed E-state index contributed by atoms with van der Waals surface area (Å²) in [6.45, 7) is 2.41. The molecule has 3 aromatic carbocycles. The van der Waals surface area contributed by atoms with Crippen LogP contribution in [0.1, 0.15) is 65.3 Å². The van der Waals surface area contributed by atoms with Crippen molar-refractivity contribution in [2.24, 2.45) is 5.10 Å². The lowest BCUT2D eigenvalue weighted by molar-refractivity contribution is -0.136. The number of benzene rings is 3. The number of esters is 1. The van der Waals surface area contributed by atoms with Gasteiger partial charge in [0, 0.05) is 6.04 Å². The van der Waals surface area contributed by atoms with E-state index >= 15 is 0 Å². The lowest BCUT2D eigenvalue weighted by atomic mass is 9.95. The Hall–Kier alpha value is -4.99. The molecule has 0 heterocycles. The van der Waals surface area contributed by atoms with Crippen LogP contribution < -0.4 is 25.5 Å². The Morgan fingerprint density at radius 1 is 0.854 bits per heavy atom. The summed E-state index contributed by atoms with van der Waals surface area (Å²) in [5.74, 6) is -1.77. The number of hydrazone groups is 1. The molecule has 1 fully saturated rings. The first-order valence-electron chi connectivity index (χ1n) is 13.5. The molecule has 10 heteroatoms. The number of carbonyl (C=O) groups is 4. The highest BCUT2D eigenvalue weighted by atomic mass is 16.5. The predicted molar refractivity (Wildman–Crippen MR) is 154 cm³/mol. The number of rotatable bonds is 9. The molecule has 3 aromatic rings. The van der Waals surface area contributed by atoms with Crippen LogP contribution in [0.3, 0.4) is 0 Å². The third-order valence-electron chi connectivity index (χ3n) is 6.44. The van der Waals surface area contributed by atoms with E-state index in [2.05, 4.69) is 21.2 Å². The second kappa shape index (κ2) is 14.4. The summed E-state index contributed by atoms with van der Waals surface area (Å²) in [7, 11) is 0. The highest BCUT2D eigenvalue weighted by molar-refractivity contribution is 6.40. The number of ether oxygens (including phenoxy) is 2. The molecule has 0 unspecified atom stereocenters. The van der Waals surface area contributed by atoms with Gasteiger partial charge in [0.15, 0.2) is 0 Å². The Bertz CT molecular complexity index is 1400. The van der Waals surface area contributed by atoms with E-state index in [0.29, 0.717) is 29.2 Å². The van der Waals surface area contributed by atoms with Crippen molar-refractivity contribution in [1.82, 2.24) is 10.7 Å². The highest BCUT2D eigenvalue weighted by Crippen LogP contribution is 2.20. The Balaban J connectivity index is 1.27. The lowest BCUT2D eigenvalue weighted by Crippen LogP contribution is -2.37. The average molecular weight is 557 g/mol. The monoisotopic (exact) mass is 556 g/mol. The molecule has 0 radical (unpaired) electrons. The van der Waals surface area contributed by atoms with Crippen LogP contribution in [0.5, 0.6) is 11.5 Å². The van der Waals surface area contributed by atoms with Gasteiger partial charge in [-0.1, -0.05) is 31.4 Å². The number of amides is 3. The topological polar surface area (TPSA) is 135 Å². The molecule has 41 heavy (non-hydrogen) atoms. The number of hydrogen-bond acceptors (Lipinski definition) is 7. The van der Waals surface area contributed by atoms with Gasteiger partial charge in [-0.2, -0.15) is 5.10 Å². The summed E-state index contributed by atoms with van der Waals surface area (Å²) in [6.07, 6.45) is 6.52. The minimum Gasteiger partial charge on any atom is -0.494 e. The van der Waals surface area contributed by atoms with Crippen molar-refractivity contribution in [2.75, 3.05) is 11.9 Å². The van der Waals surface area contributed by atoms with Gasteiger partial charge in [0.25, 0.3) is 5.91 Å². The van der Waals surface area contributed by atoms with Gasteiger partial charge in [-0.25, -0.2) is 10.2 Å². The summed E-state index contributed by atoms with van der Waals surface area (Å²) in [5, 5.41) is 9.31. The van der Waals surface area contributed by atoms with E-state index < -0.39 is 17.8 Å². The minimum absolute atomic E-state index is 0.108. The van der Waals surface area contributed by atoms with Gasteiger partial charge >= 0.3 is 17.8 Å². The molecule has 0 aliphatic heterocycles. The van der Waals surface area contributed by atoms with Gasteiger partial charge in [0.1, 0.15) is 11.5 Å². The van der Waals surface area contributed by atoms with E-state index in [9.17, 15) is 19.2 Å². The second-order valence-corrected chi connectivity index (χ2v) is 9.42. The van der Waals surface area contributed by atoms with Crippen LogP contribution in [0.15, 0.2) is 77.9 Å². The molecule has 1 saturated carbocycles. The molecule has 3 amide bonds. The third-order valence-corrected chi connectivity index (χ3v) is 6.44. The van der Waals surface area contributed by atoms with E-state index in [1.54, 1.807) is 72.8 Å². The molecule has 212 valence electrons. The first-order valence-corrected chi connectivity index (χ1v) is 13.5. The van der Waals surface area contributed by atoms with E-state index in [1.807, 2.05) is 6.92 Å². The van der Waals surface area contributed by atoms with Crippen molar-refractivity contribution >= 4 is 35.6 Å². The van der Waals surface area contributed by atoms with E-state index in [0.717, 1.165) is 25.7 Å². The third kappa shape index (κ3) is 8.50. The van der Waals surface area contributed by atoms with Crippen molar-refractivity contribution in [3.05, 3.63) is 89.5 Å². The maximum absolute atomic E-state index is 12.8. The standard InChI is InChI=1S/C31H32N4O6/c1-2-40-24-18-14-22(15-19-24)31(39)41-25-16-12-21(13-17-25)20-32-35-30(38)29(37)34-27-11-7-6-10-26(27)28(36)33-23-8-4-3-5-9-23/h6-7,10-20,23H,2-5,8-9H2,1H3,(H,33,36)(H,34,37)(H,35,38)/b32-20-. The van der Waals surface area contributed by atoms with Gasteiger partial charge in [-0.15, -0.1) is 0 Å². The van der Waals surface area contributed by atoms with E-state index in [-0.39, 0.29) is 23.2 Å². The van der Waals surface area contributed by atoms with Crippen LogP contribution in [0.2, 0.25) is 0 Å². The number of anilines is 1. The Morgan fingerprint density at radius 3 is 2.24 bits per heavy atom. The average Bonchev–Trinajstić information content (AvgIpc) is 2.99. The summed E-state index contributed by atoms with van der Waals surface area (Å²) < 4.78 is 10.7. The number of carbonyl (C=O) groups excluding carboxylic acids is 4. The molecule has 0 saturated heterocycles. The smallest absolute Gasteiger partial charge is 0.343 e. The van der Waals surface area contributed by atoms with Gasteiger partial charge in [-0.05, 0) is 86.0 Å². The molecular formula is C31H32N4O6. The van der Waals surface area contributed by atoms with Gasteiger partial charge < -0.3 is 20.1 Å². The van der Waals surface area contributed by atoms with E-state index in [4.69, 9.17) is 9.47 Å². The highest BCUT2D eigenvalue weighted by Gasteiger charge is 2.21. The maximum atomic E-state index is 12.8. The van der Waals surface area contributed by atoms with Crippen LogP contribution in [-0.4, -0.2) is 42.6 Å². The SMILES string of the molecule is CCOc1ccc(C(=O)Oc2ccc(/C=N\NC(=O)C(=O)Nc3ccccc3C(=O)NC3CCCCC3)cc2)cc1. The largest absolute Gasteiger partial charge is 0.494 e. The van der Waals surface area contributed by atoms with Crippen LogP contribution in [0.4, 0.5) is 5.69 Å². The summed E-state index contributed by atoms with van der Waals surface area (Å²) >= 11 is 0. The van der Waals surface area contributed by atoms with Crippen molar-refractivity contribution in [3.63, 3.8) is 0 Å². The van der Waals surface area contributed by atoms with Gasteiger partial charge in [0.05, 0.1) is 29.6 Å². The molecule has 3 N–H and O–H groups in total. The maximum Gasteiger partial charge on any atom is 0.343 e. The fourth-order valence-corrected chi connectivity index (χ4v) is 4.34. The molecule has 0 spiro atoms. The zero-order valence-corrected chi connectivity index (χ0v) is 22.7. The fourth-order valence-electron chi connectivity index (χ4n) is 4.34. The zero-order chi connectivity index (χ0) is 29.0. The van der Waals surface area contributed by atoms with Gasteiger partial charge in [-0.3, -0.25) is 14.4 Å². The Labute approximate surface area is 238 Å². The molecule has 0 aromatic heterocycles. The lowest BCUT2D eigenvalue weighted by Gasteiger charge is -2.23. The van der Waals surface area contributed by atoms with Crippen LogP contribution in [-0.2, 0) is 9.59 Å². The summed E-state index contributed by atoms with van der Waals surface area (Å²) in [5.41, 5.74) is 3.67. The zero-order valence-electron chi connectivity index (χ0n) is 22.7. The van der Waals surface area contributed by atoms with Gasteiger partial charge in [0.2, 0.25) is 0 Å². The van der Waals surface area contributed by atoms with Crippen LogP contribution in [0.25, 0.3) is 0 Å². The van der Waals surface area contributed by atoms with Crippen molar-refractivity contribution in [1.29, 1.82) is 0 Å². The second-order valence-electron chi connectivity index (χ2n) is 9.42. The van der Waals surface area contributed by atoms with Crippen LogP contribution in [0, 0.1) is 0 Å². The molecule has 0 atom stereocenters. The first kappa shape index (κ1) is 29.0. The number of nitrogens with zero attached hydrogens (tertiary/aromatic N) is 1. The van der Waals surface area contributed by atoms with Crippen LogP contribution >= 0.6 is 0 Å². The van der Waals surface area contributed by atoms with Crippen molar-refractivity contribution in [2.45, 2.75) is 45.1 Å². The van der Waals surface area contributed by atoms with E-state index in [1.165, 1.54) is 12.6 Å². The Morgan fingerprint density at radius 2 is 1.54 bits per heavy atom. The normalized spacial score (nSPS) is 13.3. The fraction of sp³-hybridized carbons (Fsp3) is 0.258. The summed E-state index contributed by atoms with van der Waals surface area (Å²) in [6, 6.07) is 19.7. The number of nitrogens with one attached hydrogen (secondary N) is 3. The minimum atomic E-state index is -0.996. The molecule has 1 aliphatic carbocycles. The number of para-hydroxylation sites is 1. The molecule has 0 bridgehead atoms. The van der Waals surface area contributed by atoms with Crippen molar-refractivity contribution in [3.8, 4) is 11.5 Å². The van der Waals surface area contributed by atoms with Crippen molar-refractivity contribution < 1.29 is 28.7 Å². The summed E-state index contributed by atoms with van der Waals surface area (Å²) in [4.78, 5) is 49.9. The quantitative estimate of drug-likeness (QED) is 0.117. The molecule has 1 aliphatic rings. The predicted octanol–water partition coefficient (Wildman–Crippen LogP) is 4.46. The Kier molecular flexibility index (Phi) is 10.2. The molecule has 10 nitrogen and oxygen atoms in total.